The Hall–Kier alpha value is -2.12. The number of hydrogen-bond donors (Lipinski definition) is 1. The van der Waals surface area contributed by atoms with E-state index in [4.69, 9.17) is 14.5 Å². The van der Waals surface area contributed by atoms with Crippen molar-refractivity contribution in [3.63, 3.8) is 0 Å². The molecule has 164 valence electrons. The lowest BCUT2D eigenvalue weighted by atomic mass is 10.1. The van der Waals surface area contributed by atoms with Crippen molar-refractivity contribution in [2.45, 2.75) is 57.9 Å². The third kappa shape index (κ3) is 5.32. The van der Waals surface area contributed by atoms with E-state index in [2.05, 4.69) is 41.4 Å². The fraction of sp³-hybridized carbons (Fsp3) is 0.652. The van der Waals surface area contributed by atoms with Crippen LogP contribution in [-0.2, 0) is 27.4 Å². The lowest BCUT2D eigenvalue weighted by molar-refractivity contribution is -0.128. The first kappa shape index (κ1) is 21.1. The van der Waals surface area contributed by atoms with Gasteiger partial charge in [0.15, 0.2) is 5.96 Å². The van der Waals surface area contributed by atoms with Gasteiger partial charge in [-0.1, -0.05) is 24.3 Å². The number of morpholine rings is 1. The first-order valence-corrected chi connectivity index (χ1v) is 11.3. The first-order chi connectivity index (χ1) is 14.7. The molecule has 0 aliphatic carbocycles. The Labute approximate surface area is 179 Å². The molecule has 30 heavy (non-hydrogen) atoms. The zero-order chi connectivity index (χ0) is 20.8. The maximum absolute atomic E-state index is 11.8. The highest BCUT2D eigenvalue weighted by molar-refractivity contribution is 5.80. The zero-order valence-electron chi connectivity index (χ0n) is 18.0. The van der Waals surface area contributed by atoms with Gasteiger partial charge < -0.3 is 24.6 Å². The fourth-order valence-corrected chi connectivity index (χ4v) is 4.42. The molecule has 1 aromatic rings. The van der Waals surface area contributed by atoms with Crippen molar-refractivity contribution in [2.24, 2.45) is 4.99 Å². The molecule has 0 spiro atoms. The van der Waals surface area contributed by atoms with Crippen molar-refractivity contribution in [2.75, 3.05) is 39.4 Å². The van der Waals surface area contributed by atoms with Crippen LogP contribution in [0.4, 0.5) is 0 Å². The average Bonchev–Trinajstić information content (AvgIpc) is 3.45. The summed E-state index contributed by atoms with van der Waals surface area (Å²) < 4.78 is 11.8. The molecule has 2 atom stereocenters. The number of rotatable bonds is 6. The Bertz CT molecular complexity index is 730. The number of ether oxygens (including phenoxy) is 2. The Morgan fingerprint density at radius 1 is 1.10 bits per heavy atom. The standard InChI is InChI=1S/C23H34N4O3/c1-2-24-23(27-12-14-30-21(17-27)20-5-4-13-29-20)25-15-18-7-9-19(10-8-18)16-26-11-3-6-22(26)28/h7-10,20-21H,2-6,11-17H2,1H3,(H,24,25). The monoisotopic (exact) mass is 414 g/mol. The average molecular weight is 415 g/mol. The van der Waals surface area contributed by atoms with E-state index < -0.39 is 0 Å². The van der Waals surface area contributed by atoms with Gasteiger partial charge in [-0.15, -0.1) is 0 Å². The van der Waals surface area contributed by atoms with E-state index in [9.17, 15) is 4.79 Å². The Kier molecular flexibility index (Phi) is 7.23. The van der Waals surface area contributed by atoms with Crippen LogP contribution in [0.25, 0.3) is 0 Å². The van der Waals surface area contributed by atoms with Gasteiger partial charge in [-0.25, -0.2) is 4.99 Å². The number of amides is 1. The summed E-state index contributed by atoms with van der Waals surface area (Å²) in [6.07, 6.45) is 4.22. The predicted octanol–water partition coefficient (Wildman–Crippen LogP) is 2.15. The highest BCUT2D eigenvalue weighted by atomic mass is 16.5. The first-order valence-electron chi connectivity index (χ1n) is 11.3. The zero-order valence-corrected chi connectivity index (χ0v) is 18.0. The molecule has 3 heterocycles. The molecule has 7 heteroatoms. The maximum atomic E-state index is 11.8. The summed E-state index contributed by atoms with van der Waals surface area (Å²) in [6.45, 7) is 8.38. The molecule has 0 radical (unpaired) electrons. The Morgan fingerprint density at radius 2 is 1.90 bits per heavy atom. The van der Waals surface area contributed by atoms with Crippen LogP contribution >= 0.6 is 0 Å². The van der Waals surface area contributed by atoms with Crippen molar-refractivity contribution in [3.8, 4) is 0 Å². The summed E-state index contributed by atoms with van der Waals surface area (Å²) in [5.74, 6) is 1.21. The highest BCUT2D eigenvalue weighted by Gasteiger charge is 2.32. The molecule has 0 bridgehead atoms. The minimum atomic E-state index is 0.123. The molecule has 3 aliphatic heterocycles. The molecular formula is C23H34N4O3. The number of likely N-dealkylation sites (tertiary alicyclic amines) is 1. The van der Waals surface area contributed by atoms with Gasteiger partial charge in [0.05, 0.1) is 19.3 Å². The Morgan fingerprint density at radius 3 is 2.60 bits per heavy atom. The minimum absolute atomic E-state index is 0.123. The Balaban J connectivity index is 1.35. The van der Waals surface area contributed by atoms with Crippen LogP contribution in [0.1, 0.15) is 43.7 Å². The normalized spacial score (nSPS) is 25.2. The minimum Gasteiger partial charge on any atom is -0.375 e. The number of guanidine groups is 1. The van der Waals surface area contributed by atoms with E-state index in [0.717, 1.165) is 58.0 Å². The number of nitrogens with one attached hydrogen (secondary N) is 1. The number of hydrogen-bond acceptors (Lipinski definition) is 4. The van der Waals surface area contributed by atoms with E-state index in [-0.39, 0.29) is 18.1 Å². The molecule has 2 unspecified atom stereocenters. The molecule has 0 saturated carbocycles. The smallest absolute Gasteiger partial charge is 0.222 e. The van der Waals surface area contributed by atoms with Crippen molar-refractivity contribution in [1.82, 2.24) is 15.1 Å². The van der Waals surface area contributed by atoms with Gasteiger partial charge in [0.25, 0.3) is 0 Å². The lowest BCUT2D eigenvalue weighted by Gasteiger charge is -2.37. The molecule has 1 aromatic carbocycles. The fourth-order valence-electron chi connectivity index (χ4n) is 4.42. The van der Waals surface area contributed by atoms with Gasteiger partial charge in [-0.2, -0.15) is 0 Å². The second-order valence-corrected chi connectivity index (χ2v) is 8.31. The summed E-state index contributed by atoms with van der Waals surface area (Å²) in [4.78, 5) is 20.9. The third-order valence-corrected chi connectivity index (χ3v) is 6.09. The molecule has 4 rings (SSSR count). The van der Waals surface area contributed by atoms with E-state index in [1.807, 2.05) is 4.90 Å². The van der Waals surface area contributed by atoms with Crippen LogP contribution < -0.4 is 5.32 Å². The van der Waals surface area contributed by atoms with Crippen LogP contribution in [0.2, 0.25) is 0 Å². The van der Waals surface area contributed by atoms with Crippen LogP contribution in [0.3, 0.4) is 0 Å². The molecule has 3 aliphatic rings. The number of aliphatic imine (C=N–C) groups is 1. The second-order valence-electron chi connectivity index (χ2n) is 8.31. The molecular weight excluding hydrogens is 380 g/mol. The van der Waals surface area contributed by atoms with Gasteiger partial charge in [0, 0.05) is 45.8 Å². The third-order valence-electron chi connectivity index (χ3n) is 6.09. The number of nitrogens with zero attached hydrogens (tertiary/aromatic N) is 3. The van der Waals surface area contributed by atoms with E-state index in [0.29, 0.717) is 26.1 Å². The van der Waals surface area contributed by atoms with Crippen LogP contribution in [0, 0.1) is 0 Å². The largest absolute Gasteiger partial charge is 0.375 e. The topological polar surface area (TPSA) is 66.4 Å². The van der Waals surface area contributed by atoms with Crippen molar-refractivity contribution >= 4 is 11.9 Å². The summed E-state index contributed by atoms with van der Waals surface area (Å²) in [5.41, 5.74) is 2.35. The van der Waals surface area contributed by atoms with Gasteiger partial charge in [0.2, 0.25) is 5.91 Å². The van der Waals surface area contributed by atoms with Gasteiger partial charge >= 0.3 is 0 Å². The maximum Gasteiger partial charge on any atom is 0.222 e. The quantitative estimate of drug-likeness (QED) is 0.571. The summed E-state index contributed by atoms with van der Waals surface area (Å²) in [7, 11) is 0. The molecule has 1 N–H and O–H groups in total. The van der Waals surface area contributed by atoms with Gasteiger partial charge in [-0.05, 0) is 37.3 Å². The molecule has 7 nitrogen and oxygen atoms in total. The van der Waals surface area contributed by atoms with Crippen LogP contribution in [0.15, 0.2) is 29.3 Å². The second kappa shape index (κ2) is 10.3. The van der Waals surface area contributed by atoms with Gasteiger partial charge in [0.1, 0.15) is 6.10 Å². The van der Waals surface area contributed by atoms with Crippen molar-refractivity contribution in [1.29, 1.82) is 0 Å². The molecule has 3 fully saturated rings. The van der Waals surface area contributed by atoms with Crippen molar-refractivity contribution in [3.05, 3.63) is 35.4 Å². The van der Waals surface area contributed by atoms with Crippen LogP contribution in [0.5, 0.6) is 0 Å². The van der Waals surface area contributed by atoms with E-state index in [1.165, 1.54) is 11.1 Å². The van der Waals surface area contributed by atoms with Crippen molar-refractivity contribution < 1.29 is 14.3 Å². The van der Waals surface area contributed by atoms with Gasteiger partial charge in [-0.3, -0.25) is 4.79 Å². The molecule has 0 aromatic heterocycles. The predicted molar refractivity (Wildman–Crippen MR) is 116 cm³/mol. The number of carbonyl (C=O) groups is 1. The summed E-state index contributed by atoms with van der Waals surface area (Å²) in [5, 5.41) is 3.43. The molecule has 3 saturated heterocycles. The highest BCUT2D eigenvalue weighted by Crippen LogP contribution is 2.21. The lowest BCUT2D eigenvalue weighted by Crippen LogP contribution is -2.53. The number of carbonyl (C=O) groups excluding carboxylic acids is 1. The SMILES string of the molecule is CCNC(=NCc1ccc(CN2CCCC2=O)cc1)N1CCOC(C2CCCO2)C1. The number of benzene rings is 1. The van der Waals surface area contributed by atoms with E-state index >= 15 is 0 Å². The van der Waals surface area contributed by atoms with E-state index in [1.54, 1.807) is 0 Å². The molecule has 1 amide bonds. The van der Waals surface area contributed by atoms with Crippen LogP contribution in [-0.4, -0.2) is 73.3 Å². The summed E-state index contributed by atoms with van der Waals surface area (Å²) in [6, 6.07) is 8.48. The summed E-state index contributed by atoms with van der Waals surface area (Å²) >= 11 is 0.